The lowest BCUT2D eigenvalue weighted by molar-refractivity contribution is -0.246. The summed E-state index contributed by atoms with van der Waals surface area (Å²) >= 11 is 0. The third-order valence-electron chi connectivity index (χ3n) is 9.01. The van der Waals surface area contributed by atoms with Gasteiger partial charge in [0.05, 0.1) is 13.2 Å². The minimum Gasteiger partial charge on any atom is -0.347 e. The number of rotatable bonds is 0. The molecule has 3 saturated carbocycles. The lowest BCUT2D eigenvalue weighted by atomic mass is 9.45. The van der Waals surface area contributed by atoms with Crippen molar-refractivity contribution in [2.75, 3.05) is 13.2 Å². The highest BCUT2D eigenvalue weighted by atomic mass is 16.7. The first-order valence-corrected chi connectivity index (χ1v) is 10.0. The molecule has 2 heteroatoms. The van der Waals surface area contributed by atoms with E-state index in [-0.39, 0.29) is 11.2 Å². The predicted molar refractivity (Wildman–Crippen MR) is 90.9 cm³/mol. The maximum Gasteiger partial charge on any atom is 0.174 e. The summed E-state index contributed by atoms with van der Waals surface area (Å²) in [5.74, 6) is 3.37. The average Bonchev–Trinajstić information content (AvgIpc) is 3.14. The van der Waals surface area contributed by atoms with Gasteiger partial charge in [0.15, 0.2) is 5.79 Å². The van der Waals surface area contributed by atoms with Gasteiger partial charge in [0, 0.05) is 11.8 Å². The second kappa shape index (κ2) is 4.85. The summed E-state index contributed by atoms with van der Waals surface area (Å²) in [6.45, 7) is 6.73. The highest BCUT2D eigenvalue weighted by Crippen LogP contribution is 2.69. The van der Waals surface area contributed by atoms with Crippen LogP contribution in [0.3, 0.4) is 0 Å². The van der Waals surface area contributed by atoms with E-state index in [1.807, 2.05) is 0 Å². The van der Waals surface area contributed by atoms with Gasteiger partial charge < -0.3 is 9.47 Å². The van der Waals surface area contributed by atoms with E-state index in [2.05, 4.69) is 26.0 Å². The summed E-state index contributed by atoms with van der Waals surface area (Å²) in [6.07, 6.45) is 15.6. The van der Waals surface area contributed by atoms with Gasteiger partial charge in [-0.3, -0.25) is 0 Å². The normalized spacial score (nSPS) is 53.8. The smallest absolute Gasteiger partial charge is 0.174 e. The van der Waals surface area contributed by atoms with Crippen molar-refractivity contribution < 1.29 is 9.47 Å². The molecule has 0 amide bonds. The van der Waals surface area contributed by atoms with Crippen LogP contribution in [0.15, 0.2) is 12.2 Å². The first-order valence-electron chi connectivity index (χ1n) is 10.0. The maximum absolute atomic E-state index is 6.25. The van der Waals surface area contributed by atoms with E-state index in [9.17, 15) is 0 Å². The van der Waals surface area contributed by atoms with Crippen molar-refractivity contribution in [2.45, 2.75) is 71.0 Å². The molecule has 0 aromatic heterocycles. The van der Waals surface area contributed by atoms with Crippen LogP contribution in [0.2, 0.25) is 0 Å². The fourth-order valence-electron chi connectivity index (χ4n) is 7.72. The summed E-state index contributed by atoms with van der Waals surface area (Å²) < 4.78 is 12.5. The fourth-order valence-corrected chi connectivity index (χ4v) is 7.72. The van der Waals surface area contributed by atoms with E-state index in [0.717, 1.165) is 43.3 Å². The monoisotopic (exact) mass is 316 g/mol. The average molecular weight is 316 g/mol. The summed E-state index contributed by atoms with van der Waals surface area (Å²) in [5.41, 5.74) is 0.824. The molecule has 128 valence electrons. The molecule has 0 radical (unpaired) electrons. The second-order valence-electron chi connectivity index (χ2n) is 9.51. The number of ether oxygens (including phenoxy) is 2. The molecule has 5 aliphatic rings. The van der Waals surface area contributed by atoms with Crippen molar-refractivity contribution in [3.63, 3.8) is 0 Å². The molecular formula is C21H32O2. The van der Waals surface area contributed by atoms with Gasteiger partial charge in [0.1, 0.15) is 0 Å². The summed E-state index contributed by atoms with van der Waals surface area (Å²) in [7, 11) is 0. The Bertz CT molecular complexity index is 520. The van der Waals surface area contributed by atoms with Crippen molar-refractivity contribution in [3.05, 3.63) is 12.2 Å². The lowest BCUT2D eigenvalue weighted by Gasteiger charge is -2.60. The van der Waals surface area contributed by atoms with E-state index in [1.165, 1.54) is 44.9 Å². The Morgan fingerprint density at radius 1 is 0.870 bits per heavy atom. The number of hydrogen-bond donors (Lipinski definition) is 0. The molecule has 0 aromatic rings. The molecule has 6 atom stereocenters. The Labute approximate surface area is 141 Å². The van der Waals surface area contributed by atoms with Crippen LogP contribution in [0.1, 0.15) is 65.2 Å². The minimum atomic E-state index is -0.229. The summed E-state index contributed by atoms with van der Waals surface area (Å²) in [5, 5.41) is 0. The third-order valence-corrected chi connectivity index (χ3v) is 9.01. The molecule has 1 saturated heterocycles. The van der Waals surface area contributed by atoms with E-state index in [1.54, 1.807) is 0 Å². The molecule has 5 rings (SSSR count). The van der Waals surface area contributed by atoms with Gasteiger partial charge in [-0.1, -0.05) is 26.0 Å². The zero-order valence-corrected chi connectivity index (χ0v) is 14.9. The van der Waals surface area contributed by atoms with Gasteiger partial charge >= 0.3 is 0 Å². The molecule has 1 heterocycles. The van der Waals surface area contributed by atoms with Crippen molar-refractivity contribution in [3.8, 4) is 0 Å². The number of fused-ring (bicyclic) bond motifs is 6. The molecular weight excluding hydrogens is 284 g/mol. The highest BCUT2D eigenvalue weighted by Gasteiger charge is 2.66. The topological polar surface area (TPSA) is 18.5 Å². The van der Waals surface area contributed by atoms with Crippen molar-refractivity contribution >= 4 is 0 Å². The Morgan fingerprint density at radius 3 is 2.48 bits per heavy atom. The zero-order valence-electron chi connectivity index (χ0n) is 14.9. The van der Waals surface area contributed by atoms with Crippen molar-refractivity contribution in [2.24, 2.45) is 34.5 Å². The van der Waals surface area contributed by atoms with Crippen molar-refractivity contribution in [1.82, 2.24) is 0 Å². The molecule has 0 aromatic carbocycles. The lowest BCUT2D eigenvalue weighted by Crippen LogP contribution is -2.56. The molecule has 2 nitrogen and oxygen atoms in total. The second-order valence-corrected chi connectivity index (χ2v) is 9.51. The van der Waals surface area contributed by atoms with E-state index in [4.69, 9.17) is 9.47 Å². The fraction of sp³-hybridized carbons (Fsp3) is 0.905. The molecule has 1 aliphatic heterocycles. The largest absolute Gasteiger partial charge is 0.347 e. The van der Waals surface area contributed by atoms with Crippen LogP contribution in [0, 0.1) is 34.5 Å². The summed E-state index contributed by atoms with van der Waals surface area (Å²) in [6, 6.07) is 0. The number of hydrogen-bond acceptors (Lipinski definition) is 2. The molecule has 0 N–H and O–H groups in total. The molecule has 1 spiro atoms. The zero-order chi connectivity index (χ0) is 15.7. The standard InChI is InChI=1S/C21H32O2/c1-19-10-4-3-5-15(19)6-7-16-17(19)8-11-20(2)18(16)9-12-21(20)22-13-14-23-21/h3-4,15-18H,5-14H2,1-2H3. The van der Waals surface area contributed by atoms with Crippen LogP contribution >= 0.6 is 0 Å². The first-order chi connectivity index (χ1) is 11.1. The highest BCUT2D eigenvalue weighted by molar-refractivity contribution is 5.14. The molecule has 23 heavy (non-hydrogen) atoms. The van der Waals surface area contributed by atoms with E-state index in [0.29, 0.717) is 5.41 Å². The van der Waals surface area contributed by atoms with Crippen LogP contribution in [0.25, 0.3) is 0 Å². The predicted octanol–water partition coefficient (Wildman–Crippen LogP) is 4.94. The van der Waals surface area contributed by atoms with Crippen LogP contribution in [-0.2, 0) is 9.47 Å². The molecule has 6 unspecified atom stereocenters. The van der Waals surface area contributed by atoms with Gasteiger partial charge in [-0.15, -0.1) is 0 Å². The van der Waals surface area contributed by atoms with E-state index >= 15 is 0 Å². The quantitative estimate of drug-likeness (QED) is 0.589. The van der Waals surface area contributed by atoms with Crippen molar-refractivity contribution in [1.29, 1.82) is 0 Å². The minimum absolute atomic E-state index is 0.229. The molecule has 4 aliphatic carbocycles. The Kier molecular flexibility index (Phi) is 3.15. The maximum atomic E-state index is 6.25. The van der Waals surface area contributed by atoms with Gasteiger partial charge in [0.25, 0.3) is 0 Å². The van der Waals surface area contributed by atoms with E-state index < -0.39 is 0 Å². The van der Waals surface area contributed by atoms with Crippen LogP contribution < -0.4 is 0 Å². The van der Waals surface area contributed by atoms with Gasteiger partial charge in [-0.05, 0) is 74.0 Å². The Balaban J connectivity index is 1.48. The molecule has 4 fully saturated rings. The van der Waals surface area contributed by atoms with Gasteiger partial charge in [0.2, 0.25) is 0 Å². The summed E-state index contributed by atoms with van der Waals surface area (Å²) in [4.78, 5) is 0. The molecule has 0 bridgehead atoms. The Morgan fingerprint density at radius 2 is 1.65 bits per heavy atom. The Hall–Kier alpha value is -0.340. The van der Waals surface area contributed by atoms with Crippen LogP contribution in [-0.4, -0.2) is 19.0 Å². The third kappa shape index (κ3) is 1.78. The van der Waals surface area contributed by atoms with Gasteiger partial charge in [-0.25, -0.2) is 0 Å². The van der Waals surface area contributed by atoms with Crippen LogP contribution in [0.5, 0.6) is 0 Å². The SMILES string of the molecule is CC12CC=CCC1CCC1C2CCC2(C)C1CCC21OCCO1. The van der Waals surface area contributed by atoms with Crippen LogP contribution in [0.4, 0.5) is 0 Å². The first kappa shape index (κ1) is 15.0. The number of allylic oxidation sites excluding steroid dienone is 2. The van der Waals surface area contributed by atoms with Gasteiger partial charge in [-0.2, -0.15) is 0 Å².